The standard InChI is InChI=1S/C12H16ClNO/c1-3-9(2)14-12(15)8-10-5-4-6-11(13)7-10/h4-7,9H,3,8H2,1-2H3,(H,14,15)/t9-/m1/s1. The molecule has 1 rings (SSSR count). The third-order valence-corrected chi connectivity index (χ3v) is 2.51. The maximum absolute atomic E-state index is 11.5. The fourth-order valence-electron chi connectivity index (χ4n) is 1.26. The van der Waals surface area contributed by atoms with E-state index in [1.54, 1.807) is 6.07 Å². The molecule has 0 radical (unpaired) electrons. The first-order valence-corrected chi connectivity index (χ1v) is 5.53. The maximum atomic E-state index is 11.5. The van der Waals surface area contributed by atoms with Crippen LogP contribution in [0.25, 0.3) is 0 Å². The lowest BCUT2D eigenvalue weighted by Gasteiger charge is -2.11. The van der Waals surface area contributed by atoms with E-state index in [0.29, 0.717) is 11.4 Å². The van der Waals surface area contributed by atoms with Gasteiger partial charge in [0.15, 0.2) is 0 Å². The van der Waals surface area contributed by atoms with Gasteiger partial charge >= 0.3 is 0 Å². The largest absolute Gasteiger partial charge is 0.353 e. The van der Waals surface area contributed by atoms with Gasteiger partial charge in [-0.25, -0.2) is 0 Å². The minimum atomic E-state index is 0.0478. The number of carbonyl (C=O) groups excluding carboxylic acids is 1. The Hall–Kier alpha value is -1.02. The Balaban J connectivity index is 2.51. The molecule has 0 aliphatic rings. The monoisotopic (exact) mass is 225 g/mol. The summed E-state index contributed by atoms with van der Waals surface area (Å²) in [6, 6.07) is 7.61. The van der Waals surface area contributed by atoms with Crippen LogP contribution < -0.4 is 5.32 Å². The van der Waals surface area contributed by atoms with Gasteiger partial charge < -0.3 is 5.32 Å². The molecule has 0 aliphatic carbocycles. The molecule has 1 aromatic carbocycles. The van der Waals surface area contributed by atoms with E-state index in [-0.39, 0.29) is 11.9 Å². The van der Waals surface area contributed by atoms with Gasteiger partial charge in [0, 0.05) is 11.1 Å². The number of benzene rings is 1. The van der Waals surface area contributed by atoms with Crippen molar-refractivity contribution in [1.82, 2.24) is 5.32 Å². The number of hydrogen-bond acceptors (Lipinski definition) is 1. The van der Waals surface area contributed by atoms with Crippen molar-refractivity contribution < 1.29 is 4.79 Å². The van der Waals surface area contributed by atoms with Gasteiger partial charge in [0.25, 0.3) is 0 Å². The quantitative estimate of drug-likeness (QED) is 0.839. The summed E-state index contributed by atoms with van der Waals surface area (Å²) in [7, 11) is 0. The van der Waals surface area contributed by atoms with Gasteiger partial charge in [-0.05, 0) is 31.0 Å². The number of halogens is 1. The molecule has 0 unspecified atom stereocenters. The van der Waals surface area contributed by atoms with Crippen molar-refractivity contribution >= 4 is 17.5 Å². The second-order valence-corrected chi connectivity index (χ2v) is 4.12. The van der Waals surface area contributed by atoms with Crippen LogP contribution in [0.15, 0.2) is 24.3 Å². The summed E-state index contributed by atoms with van der Waals surface area (Å²) in [5, 5.41) is 3.59. The van der Waals surface area contributed by atoms with Crippen LogP contribution in [0.3, 0.4) is 0 Å². The molecule has 1 aromatic rings. The Kier molecular flexibility index (Phi) is 4.63. The Morgan fingerprint density at radius 1 is 1.53 bits per heavy atom. The first-order chi connectivity index (χ1) is 7.11. The summed E-state index contributed by atoms with van der Waals surface area (Å²) in [6.07, 6.45) is 1.34. The molecule has 0 aliphatic heterocycles. The Labute approximate surface area is 95.6 Å². The lowest BCUT2D eigenvalue weighted by Crippen LogP contribution is -2.33. The molecule has 0 spiro atoms. The molecular formula is C12H16ClNO. The molecule has 0 fully saturated rings. The van der Waals surface area contributed by atoms with Crippen molar-refractivity contribution in [1.29, 1.82) is 0 Å². The van der Waals surface area contributed by atoms with Gasteiger partial charge in [-0.2, -0.15) is 0 Å². The summed E-state index contributed by atoms with van der Waals surface area (Å²) in [5.41, 5.74) is 0.948. The second-order valence-electron chi connectivity index (χ2n) is 3.68. The molecule has 2 nitrogen and oxygen atoms in total. The Morgan fingerprint density at radius 3 is 2.87 bits per heavy atom. The summed E-state index contributed by atoms with van der Waals surface area (Å²) in [4.78, 5) is 11.5. The third-order valence-electron chi connectivity index (χ3n) is 2.27. The predicted octanol–water partition coefficient (Wildman–Crippen LogP) is 2.80. The molecule has 0 heterocycles. The normalized spacial score (nSPS) is 12.2. The van der Waals surface area contributed by atoms with Crippen LogP contribution in [0.5, 0.6) is 0 Å². The van der Waals surface area contributed by atoms with Crippen molar-refractivity contribution in [2.75, 3.05) is 0 Å². The SMILES string of the molecule is CC[C@@H](C)NC(=O)Cc1cccc(Cl)c1. The second kappa shape index (κ2) is 5.76. The molecule has 15 heavy (non-hydrogen) atoms. The average Bonchev–Trinajstić information content (AvgIpc) is 2.17. The zero-order chi connectivity index (χ0) is 11.3. The van der Waals surface area contributed by atoms with Crippen LogP contribution in [-0.2, 0) is 11.2 Å². The van der Waals surface area contributed by atoms with Crippen molar-refractivity contribution in [2.45, 2.75) is 32.7 Å². The lowest BCUT2D eigenvalue weighted by molar-refractivity contribution is -0.121. The molecule has 3 heteroatoms. The van der Waals surface area contributed by atoms with Crippen molar-refractivity contribution in [3.63, 3.8) is 0 Å². The fraction of sp³-hybridized carbons (Fsp3) is 0.417. The summed E-state index contributed by atoms with van der Waals surface area (Å²) in [6.45, 7) is 4.04. The molecule has 0 aromatic heterocycles. The van der Waals surface area contributed by atoms with Crippen LogP contribution >= 0.6 is 11.6 Å². The van der Waals surface area contributed by atoms with E-state index in [1.165, 1.54) is 0 Å². The van der Waals surface area contributed by atoms with Crippen LogP contribution in [0.2, 0.25) is 5.02 Å². The van der Waals surface area contributed by atoms with E-state index in [1.807, 2.05) is 32.0 Å². The molecule has 0 saturated carbocycles. The zero-order valence-electron chi connectivity index (χ0n) is 9.09. The smallest absolute Gasteiger partial charge is 0.224 e. The highest BCUT2D eigenvalue weighted by Gasteiger charge is 2.06. The van der Waals surface area contributed by atoms with E-state index < -0.39 is 0 Å². The molecule has 1 amide bonds. The number of rotatable bonds is 4. The van der Waals surface area contributed by atoms with Crippen LogP contribution in [-0.4, -0.2) is 11.9 Å². The van der Waals surface area contributed by atoms with Gasteiger partial charge in [-0.1, -0.05) is 30.7 Å². The fourth-order valence-corrected chi connectivity index (χ4v) is 1.47. The maximum Gasteiger partial charge on any atom is 0.224 e. The first-order valence-electron chi connectivity index (χ1n) is 5.15. The van der Waals surface area contributed by atoms with Gasteiger partial charge in [0.05, 0.1) is 6.42 Å². The van der Waals surface area contributed by atoms with E-state index in [4.69, 9.17) is 11.6 Å². The molecule has 1 atom stereocenters. The highest BCUT2D eigenvalue weighted by atomic mass is 35.5. The summed E-state index contributed by atoms with van der Waals surface area (Å²) in [5.74, 6) is 0.0478. The summed E-state index contributed by atoms with van der Waals surface area (Å²) >= 11 is 5.83. The predicted molar refractivity (Wildman–Crippen MR) is 63.1 cm³/mol. The topological polar surface area (TPSA) is 29.1 Å². The zero-order valence-corrected chi connectivity index (χ0v) is 9.84. The van der Waals surface area contributed by atoms with Gasteiger partial charge in [0.2, 0.25) is 5.91 Å². The first kappa shape index (κ1) is 12.1. The Bertz CT molecular complexity index is 338. The van der Waals surface area contributed by atoms with E-state index >= 15 is 0 Å². The number of hydrogen-bond donors (Lipinski definition) is 1. The average molecular weight is 226 g/mol. The van der Waals surface area contributed by atoms with Crippen LogP contribution in [0.4, 0.5) is 0 Å². The van der Waals surface area contributed by atoms with Gasteiger partial charge in [-0.3, -0.25) is 4.79 Å². The highest BCUT2D eigenvalue weighted by molar-refractivity contribution is 6.30. The van der Waals surface area contributed by atoms with Crippen molar-refractivity contribution in [2.24, 2.45) is 0 Å². The molecule has 0 saturated heterocycles. The van der Waals surface area contributed by atoms with Crippen molar-refractivity contribution in [3.05, 3.63) is 34.9 Å². The molecule has 82 valence electrons. The van der Waals surface area contributed by atoms with E-state index in [0.717, 1.165) is 12.0 Å². The van der Waals surface area contributed by atoms with Crippen molar-refractivity contribution in [3.8, 4) is 0 Å². The molecular weight excluding hydrogens is 210 g/mol. The van der Waals surface area contributed by atoms with E-state index in [9.17, 15) is 4.79 Å². The van der Waals surface area contributed by atoms with Gasteiger partial charge in [0.1, 0.15) is 0 Å². The molecule has 0 bridgehead atoms. The highest BCUT2D eigenvalue weighted by Crippen LogP contribution is 2.11. The van der Waals surface area contributed by atoms with Crippen LogP contribution in [0, 0.1) is 0 Å². The van der Waals surface area contributed by atoms with E-state index in [2.05, 4.69) is 5.32 Å². The number of carbonyl (C=O) groups is 1. The number of nitrogens with one attached hydrogen (secondary N) is 1. The Morgan fingerprint density at radius 2 is 2.27 bits per heavy atom. The lowest BCUT2D eigenvalue weighted by atomic mass is 10.1. The third kappa shape index (κ3) is 4.34. The van der Waals surface area contributed by atoms with Gasteiger partial charge in [-0.15, -0.1) is 0 Å². The molecule has 1 N–H and O–H groups in total. The minimum absolute atomic E-state index is 0.0478. The minimum Gasteiger partial charge on any atom is -0.353 e. The summed E-state index contributed by atoms with van der Waals surface area (Å²) < 4.78 is 0. The number of amides is 1. The van der Waals surface area contributed by atoms with Crippen LogP contribution in [0.1, 0.15) is 25.8 Å².